The first-order chi connectivity index (χ1) is 32.2. The summed E-state index contributed by atoms with van der Waals surface area (Å²) < 4.78 is 4.78. The summed E-state index contributed by atoms with van der Waals surface area (Å²) in [5.41, 5.74) is 12.9. The Labute approximate surface area is 383 Å². The van der Waals surface area contributed by atoms with E-state index in [2.05, 4.69) is 207 Å². The van der Waals surface area contributed by atoms with Crippen molar-refractivity contribution in [3.63, 3.8) is 0 Å². The van der Waals surface area contributed by atoms with Crippen LogP contribution in [0.1, 0.15) is 51.7 Å². The highest BCUT2D eigenvalue weighted by Gasteiger charge is 2.38. The molecular formula is C61H47N5. The number of hydrogen-bond acceptors (Lipinski definition) is 3. The number of aromatic nitrogens is 5. The van der Waals surface area contributed by atoms with Gasteiger partial charge < -0.3 is 4.57 Å². The largest absolute Gasteiger partial charge is 0.309 e. The lowest BCUT2D eigenvalue weighted by atomic mass is 9.63. The van der Waals surface area contributed by atoms with Gasteiger partial charge >= 0.3 is 0 Å². The molecule has 316 valence electrons. The van der Waals surface area contributed by atoms with Crippen LogP contribution in [0, 0.1) is 0 Å². The Morgan fingerprint density at radius 1 is 0.364 bits per heavy atom. The second-order valence-electron chi connectivity index (χ2n) is 19.5. The molecule has 0 spiro atoms. The number of hydrogen-bond donors (Lipinski definition) is 0. The van der Waals surface area contributed by atoms with E-state index in [1.165, 1.54) is 70.8 Å². The SMILES string of the molecule is CC1(C)CCC(C)(C)c2cc3c(cc21)c1c2c4c5ccccc5ccc4n(-c4nc(-c5ccccc5)nc(-c5ccc(-c6ccc7ccccc7c6)cc5)n4)c2ccc1n3-c1ccccc1. The summed E-state index contributed by atoms with van der Waals surface area (Å²) in [4.78, 5) is 16.0. The van der Waals surface area contributed by atoms with Gasteiger partial charge in [-0.3, -0.25) is 4.57 Å². The zero-order valence-corrected chi connectivity index (χ0v) is 37.5. The highest BCUT2D eigenvalue weighted by atomic mass is 15.2. The lowest BCUT2D eigenvalue weighted by Crippen LogP contribution is -2.33. The van der Waals surface area contributed by atoms with Crippen LogP contribution in [0.2, 0.25) is 0 Å². The Hall–Kier alpha value is -7.89. The van der Waals surface area contributed by atoms with Crippen LogP contribution >= 0.6 is 0 Å². The van der Waals surface area contributed by atoms with Crippen molar-refractivity contribution in [2.24, 2.45) is 0 Å². The lowest BCUT2D eigenvalue weighted by molar-refractivity contribution is 0.332. The average Bonchev–Trinajstić information content (AvgIpc) is 3.88. The average molecular weight is 850 g/mol. The second kappa shape index (κ2) is 14.3. The van der Waals surface area contributed by atoms with E-state index in [9.17, 15) is 0 Å². The maximum absolute atomic E-state index is 5.42. The molecule has 0 bridgehead atoms. The summed E-state index contributed by atoms with van der Waals surface area (Å²) in [6, 6.07) is 68.0. The number of nitrogens with zero attached hydrogens (tertiary/aromatic N) is 5. The molecular weight excluding hydrogens is 803 g/mol. The standard InChI is InChI=1S/C61H47N5/c1-60(2)33-34-61(3,4)49-37-53-47(36-48(49)60)55-50(65(53)45-20-9-6-10-21-45)31-32-52-56(55)54-46-22-14-13-16-40(46)29-30-51(54)66(52)59-63-57(41-17-7-5-8-18-41)62-58(64-59)42-26-23-39(24-27-42)44-28-25-38-15-11-12-19-43(38)35-44/h5-32,35-37H,33-34H2,1-4H3. The molecule has 0 radical (unpaired) electrons. The summed E-state index contributed by atoms with van der Waals surface area (Å²) in [5, 5.41) is 9.77. The van der Waals surface area contributed by atoms with Crippen molar-refractivity contribution in [3.8, 4) is 45.5 Å². The summed E-state index contributed by atoms with van der Waals surface area (Å²) in [7, 11) is 0. The van der Waals surface area contributed by atoms with E-state index >= 15 is 0 Å². The molecule has 5 nitrogen and oxygen atoms in total. The number of rotatable bonds is 5. The molecule has 0 saturated carbocycles. The predicted octanol–water partition coefficient (Wildman–Crippen LogP) is 15.7. The minimum absolute atomic E-state index is 0.0393. The van der Waals surface area contributed by atoms with Crippen LogP contribution in [0.4, 0.5) is 0 Å². The lowest BCUT2D eigenvalue weighted by Gasteiger charge is -2.42. The van der Waals surface area contributed by atoms with Gasteiger partial charge in [0.25, 0.3) is 0 Å². The van der Waals surface area contributed by atoms with Crippen molar-refractivity contribution < 1.29 is 0 Å². The first-order valence-corrected chi connectivity index (χ1v) is 23.2. The van der Waals surface area contributed by atoms with Gasteiger partial charge in [-0.2, -0.15) is 9.97 Å². The summed E-state index contributed by atoms with van der Waals surface area (Å²) in [5.74, 6) is 1.83. The van der Waals surface area contributed by atoms with Crippen LogP contribution in [-0.2, 0) is 10.8 Å². The summed E-state index contributed by atoms with van der Waals surface area (Å²) in [6.45, 7) is 9.70. The van der Waals surface area contributed by atoms with Crippen molar-refractivity contribution >= 4 is 65.2 Å². The molecule has 3 aromatic heterocycles. The molecule has 66 heavy (non-hydrogen) atoms. The molecule has 0 amide bonds. The third-order valence-corrected chi connectivity index (χ3v) is 14.6. The molecule has 0 N–H and O–H groups in total. The van der Waals surface area contributed by atoms with Crippen LogP contribution in [0.25, 0.3) is 111 Å². The van der Waals surface area contributed by atoms with Gasteiger partial charge in [0.2, 0.25) is 5.95 Å². The van der Waals surface area contributed by atoms with Crippen LogP contribution in [0.15, 0.2) is 188 Å². The molecule has 0 atom stereocenters. The van der Waals surface area contributed by atoms with Gasteiger partial charge in [-0.05, 0) is 116 Å². The van der Waals surface area contributed by atoms with Crippen LogP contribution in [0.5, 0.6) is 0 Å². The predicted molar refractivity (Wildman–Crippen MR) is 275 cm³/mol. The van der Waals surface area contributed by atoms with E-state index in [1.807, 2.05) is 18.2 Å². The minimum atomic E-state index is 0.0393. The maximum atomic E-state index is 5.42. The van der Waals surface area contributed by atoms with E-state index in [4.69, 9.17) is 15.0 Å². The highest BCUT2D eigenvalue weighted by Crippen LogP contribution is 2.50. The fourth-order valence-corrected chi connectivity index (χ4v) is 11.0. The molecule has 0 saturated heterocycles. The third kappa shape index (κ3) is 5.89. The van der Waals surface area contributed by atoms with E-state index in [-0.39, 0.29) is 10.8 Å². The molecule has 1 aliphatic rings. The van der Waals surface area contributed by atoms with Crippen LogP contribution in [-0.4, -0.2) is 24.1 Å². The fourth-order valence-electron chi connectivity index (χ4n) is 11.0. The molecule has 9 aromatic carbocycles. The van der Waals surface area contributed by atoms with E-state index in [1.54, 1.807) is 0 Å². The van der Waals surface area contributed by atoms with Crippen LogP contribution in [0.3, 0.4) is 0 Å². The smallest absolute Gasteiger partial charge is 0.238 e. The molecule has 12 aromatic rings. The maximum Gasteiger partial charge on any atom is 0.238 e. The normalized spacial score (nSPS) is 14.5. The van der Waals surface area contributed by atoms with Gasteiger partial charge in [0, 0.05) is 38.4 Å². The third-order valence-electron chi connectivity index (χ3n) is 14.6. The Morgan fingerprint density at radius 2 is 0.879 bits per heavy atom. The van der Waals surface area contributed by atoms with E-state index in [0.29, 0.717) is 17.6 Å². The Morgan fingerprint density at radius 3 is 1.61 bits per heavy atom. The quantitative estimate of drug-likeness (QED) is 0.173. The van der Waals surface area contributed by atoms with Crippen molar-refractivity contribution in [1.29, 1.82) is 0 Å². The molecule has 0 unspecified atom stereocenters. The molecule has 3 heterocycles. The van der Waals surface area contributed by atoms with Gasteiger partial charge in [-0.25, -0.2) is 4.98 Å². The first kappa shape index (κ1) is 38.6. The Kier molecular flexibility index (Phi) is 8.36. The van der Waals surface area contributed by atoms with E-state index in [0.717, 1.165) is 46.3 Å². The topological polar surface area (TPSA) is 48.5 Å². The van der Waals surface area contributed by atoms with Crippen molar-refractivity contribution in [3.05, 3.63) is 199 Å². The minimum Gasteiger partial charge on any atom is -0.309 e. The summed E-state index contributed by atoms with van der Waals surface area (Å²) in [6.07, 6.45) is 2.30. The monoisotopic (exact) mass is 849 g/mol. The van der Waals surface area contributed by atoms with Crippen molar-refractivity contribution in [1.82, 2.24) is 24.1 Å². The Balaban J connectivity index is 1.11. The van der Waals surface area contributed by atoms with Crippen LogP contribution < -0.4 is 0 Å². The fraction of sp³-hybridized carbons (Fsp3) is 0.131. The van der Waals surface area contributed by atoms with Gasteiger partial charge in [0.1, 0.15) is 0 Å². The molecule has 1 aliphatic carbocycles. The molecule has 5 heteroatoms. The number of para-hydroxylation sites is 1. The van der Waals surface area contributed by atoms with Gasteiger partial charge in [-0.15, -0.1) is 0 Å². The first-order valence-electron chi connectivity index (χ1n) is 23.2. The molecule has 0 aliphatic heterocycles. The molecule has 0 fully saturated rings. The zero-order chi connectivity index (χ0) is 44.3. The highest BCUT2D eigenvalue weighted by molar-refractivity contribution is 6.33. The summed E-state index contributed by atoms with van der Waals surface area (Å²) >= 11 is 0. The number of fused-ring (bicyclic) bond motifs is 11. The Bertz CT molecular complexity index is 3910. The molecule has 13 rings (SSSR count). The van der Waals surface area contributed by atoms with Gasteiger partial charge in [0.05, 0.1) is 22.1 Å². The van der Waals surface area contributed by atoms with Crippen molar-refractivity contribution in [2.75, 3.05) is 0 Å². The zero-order valence-electron chi connectivity index (χ0n) is 37.5. The van der Waals surface area contributed by atoms with E-state index < -0.39 is 0 Å². The van der Waals surface area contributed by atoms with Crippen molar-refractivity contribution in [2.45, 2.75) is 51.4 Å². The van der Waals surface area contributed by atoms with Gasteiger partial charge in [0.15, 0.2) is 11.6 Å². The second-order valence-corrected chi connectivity index (χ2v) is 19.5. The number of benzene rings is 9. The van der Waals surface area contributed by atoms with Gasteiger partial charge in [-0.1, -0.05) is 167 Å².